The molecular formula is C14H12N2OS. The van der Waals surface area contributed by atoms with E-state index in [4.69, 9.17) is 5.73 Å². The standard InChI is InChI=1S/C14H12N2OS/c15-8-12(17)9-5-6-14-11(7-9)16-10-3-1-2-4-13(10)18-14/h1-7,16H,8,15H2. The molecule has 0 aliphatic carbocycles. The smallest absolute Gasteiger partial charge is 0.176 e. The minimum Gasteiger partial charge on any atom is -0.354 e. The molecule has 0 radical (unpaired) electrons. The highest BCUT2D eigenvalue weighted by atomic mass is 32.2. The summed E-state index contributed by atoms with van der Waals surface area (Å²) in [6.45, 7) is 0.0442. The van der Waals surface area contributed by atoms with Crippen LogP contribution in [0.5, 0.6) is 0 Å². The molecule has 2 aromatic rings. The van der Waals surface area contributed by atoms with Gasteiger partial charge in [-0.25, -0.2) is 0 Å². The van der Waals surface area contributed by atoms with Gasteiger partial charge in [-0.05, 0) is 24.3 Å². The number of ketones is 1. The molecule has 1 aliphatic rings. The van der Waals surface area contributed by atoms with Crippen LogP contribution in [0.25, 0.3) is 0 Å². The summed E-state index contributed by atoms with van der Waals surface area (Å²) >= 11 is 1.71. The van der Waals surface area contributed by atoms with Crippen molar-refractivity contribution in [2.75, 3.05) is 11.9 Å². The number of hydrogen-bond acceptors (Lipinski definition) is 4. The Balaban J connectivity index is 2.01. The molecular weight excluding hydrogens is 244 g/mol. The van der Waals surface area contributed by atoms with Crippen LogP contribution < -0.4 is 11.1 Å². The van der Waals surface area contributed by atoms with Gasteiger partial charge in [0.2, 0.25) is 0 Å². The van der Waals surface area contributed by atoms with Gasteiger partial charge in [-0.15, -0.1) is 0 Å². The lowest BCUT2D eigenvalue weighted by Crippen LogP contribution is -2.14. The van der Waals surface area contributed by atoms with Crippen molar-refractivity contribution in [3.8, 4) is 0 Å². The van der Waals surface area contributed by atoms with Crippen molar-refractivity contribution in [1.82, 2.24) is 0 Å². The van der Waals surface area contributed by atoms with Crippen molar-refractivity contribution < 1.29 is 4.79 Å². The molecule has 0 spiro atoms. The van der Waals surface area contributed by atoms with E-state index in [2.05, 4.69) is 11.4 Å². The number of benzene rings is 2. The van der Waals surface area contributed by atoms with Gasteiger partial charge in [0.15, 0.2) is 5.78 Å². The molecule has 0 saturated carbocycles. The number of nitrogens with one attached hydrogen (secondary N) is 1. The van der Waals surface area contributed by atoms with Gasteiger partial charge in [0.1, 0.15) is 0 Å². The Morgan fingerprint density at radius 2 is 1.89 bits per heavy atom. The van der Waals surface area contributed by atoms with Crippen molar-refractivity contribution >= 4 is 28.9 Å². The predicted octanol–water partition coefficient (Wildman–Crippen LogP) is 3.04. The number of carbonyl (C=O) groups is 1. The molecule has 1 aliphatic heterocycles. The Kier molecular flexibility index (Phi) is 2.81. The quantitative estimate of drug-likeness (QED) is 0.692. The maximum absolute atomic E-state index is 11.6. The maximum atomic E-state index is 11.6. The van der Waals surface area contributed by atoms with Crippen molar-refractivity contribution in [3.05, 3.63) is 48.0 Å². The predicted molar refractivity (Wildman–Crippen MR) is 73.7 cm³/mol. The van der Waals surface area contributed by atoms with Gasteiger partial charge >= 0.3 is 0 Å². The number of para-hydroxylation sites is 1. The van der Waals surface area contributed by atoms with E-state index in [1.165, 1.54) is 4.90 Å². The normalized spacial score (nSPS) is 12.3. The zero-order valence-electron chi connectivity index (χ0n) is 9.64. The monoisotopic (exact) mass is 256 g/mol. The van der Waals surface area contributed by atoms with E-state index in [0.29, 0.717) is 5.56 Å². The number of hydrogen-bond donors (Lipinski definition) is 2. The van der Waals surface area contributed by atoms with Crippen molar-refractivity contribution in [3.63, 3.8) is 0 Å². The fourth-order valence-corrected chi connectivity index (χ4v) is 2.90. The highest BCUT2D eigenvalue weighted by molar-refractivity contribution is 7.99. The molecule has 0 amide bonds. The number of carbonyl (C=O) groups excluding carboxylic acids is 1. The third-order valence-corrected chi connectivity index (χ3v) is 4.02. The summed E-state index contributed by atoms with van der Waals surface area (Å²) in [7, 11) is 0. The van der Waals surface area contributed by atoms with Gasteiger partial charge in [-0.3, -0.25) is 4.79 Å². The van der Waals surface area contributed by atoms with Crippen molar-refractivity contribution in [1.29, 1.82) is 0 Å². The van der Waals surface area contributed by atoms with Crippen LogP contribution in [0.15, 0.2) is 52.3 Å². The van der Waals surface area contributed by atoms with E-state index >= 15 is 0 Å². The molecule has 0 atom stereocenters. The molecule has 0 saturated heterocycles. The van der Waals surface area contributed by atoms with E-state index < -0.39 is 0 Å². The average Bonchev–Trinajstić information content (AvgIpc) is 2.43. The zero-order chi connectivity index (χ0) is 12.5. The van der Waals surface area contributed by atoms with Gasteiger partial charge in [-0.1, -0.05) is 30.0 Å². The van der Waals surface area contributed by atoms with E-state index in [1.54, 1.807) is 11.8 Å². The van der Waals surface area contributed by atoms with Gasteiger partial charge in [0.25, 0.3) is 0 Å². The Morgan fingerprint density at radius 3 is 2.72 bits per heavy atom. The topological polar surface area (TPSA) is 55.1 Å². The fourth-order valence-electron chi connectivity index (χ4n) is 1.93. The molecule has 3 N–H and O–H groups in total. The molecule has 3 nitrogen and oxygen atoms in total. The van der Waals surface area contributed by atoms with Crippen LogP contribution in [0.4, 0.5) is 11.4 Å². The molecule has 0 aromatic heterocycles. The Labute approximate surface area is 109 Å². The first-order valence-electron chi connectivity index (χ1n) is 5.69. The van der Waals surface area contributed by atoms with Crippen LogP contribution in [-0.4, -0.2) is 12.3 Å². The number of anilines is 2. The molecule has 4 heteroatoms. The Bertz CT molecular complexity index is 625. The summed E-state index contributed by atoms with van der Waals surface area (Å²) in [5.41, 5.74) is 8.08. The van der Waals surface area contributed by atoms with Crippen LogP contribution in [0.2, 0.25) is 0 Å². The fraction of sp³-hybridized carbons (Fsp3) is 0.0714. The molecule has 3 rings (SSSR count). The minimum absolute atomic E-state index is 0.0385. The molecule has 18 heavy (non-hydrogen) atoms. The van der Waals surface area contributed by atoms with E-state index in [-0.39, 0.29) is 12.3 Å². The summed E-state index contributed by atoms with van der Waals surface area (Å²) in [6, 6.07) is 13.8. The molecule has 1 heterocycles. The molecule has 0 unspecified atom stereocenters. The lowest BCUT2D eigenvalue weighted by Gasteiger charge is -2.21. The van der Waals surface area contributed by atoms with Crippen LogP contribution in [0.3, 0.4) is 0 Å². The number of rotatable bonds is 2. The molecule has 90 valence electrons. The van der Waals surface area contributed by atoms with Gasteiger partial charge < -0.3 is 11.1 Å². The molecule has 2 aromatic carbocycles. The van der Waals surface area contributed by atoms with E-state index in [0.717, 1.165) is 16.3 Å². The third-order valence-electron chi connectivity index (χ3n) is 2.86. The summed E-state index contributed by atoms with van der Waals surface area (Å²) in [5, 5.41) is 3.35. The maximum Gasteiger partial charge on any atom is 0.176 e. The summed E-state index contributed by atoms with van der Waals surface area (Å²) in [4.78, 5) is 13.9. The highest BCUT2D eigenvalue weighted by Gasteiger charge is 2.16. The van der Waals surface area contributed by atoms with Crippen LogP contribution >= 0.6 is 11.8 Å². The second kappa shape index (κ2) is 4.48. The second-order valence-corrected chi connectivity index (χ2v) is 5.15. The SMILES string of the molecule is NCC(=O)c1ccc2c(c1)Nc1ccccc1S2. The van der Waals surface area contributed by atoms with Crippen molar-refractivity contribution in [2.45, 2.75) is 9.79 Å². The average molecular weight is 256 g/mol. The van der Waals surface area contributed by atoms with Crippen LogP contribution in [0, 0.1) is 0 Å². The first kappa shape index (κ1) is 11.3. The van der Waals surface area contributed by atoms with Crippen molar-refractivity contribution in [2.24, 2.45) is 5.73 Å². The lowest BCUT2D eigenvalue weighted by molar-refractivity contribution is 0.100. The number of nitrogens with two attached hydrogens (primary N) is 1. The zero-order valence-corrected chi connectivity index (χ0v) is 10.5. The second-order valence-electron chi connectivity index (χ2n) is 4.06. The van der Waals surface area contributed by atoms with Gasteiger partial charge in [-0.2, -0.15) is 0 Å². The summed E-state index contributed by atoms with van der Waals surface area (Å²) < 4.78 is 0. The van der Waals surface area contributed by atoms with E-state index in [9.17, 15) is 4.79 Å². The molecule has 0 bridgehead atoms. The highest BCUT2D eigenvalue weighted by Crippen LogP contribution is 2.44. The van der Waals surface area contributed by atoms with Gasteiger partial charge in [0, 0.05) is 15.4 Å². The summed E-state index contributed by atoms with van der Waals surface area (Å²) in [5.74, 6) is -0.0385. The first-order chi connectivity index (χ1) is 8.78. The first-order valence-corrected chi connectivity index (χ1v) is 6.51. The van der Waals surface area contributed by atoms with Gasteiger partial charge in [0.05, 0.1) is 17.9 Å². The lowest BCUT2D eigenvalue weighted by atomic mass is 10.1. The van der Waals surface area contributed by atoms with E-state index in [1.807, 2.05) is 36.4 Å². The Morgan fingerprint density at radius 1 is 1.11 bits per heavy atom. The number of fused-ring (bicyclic) bond motifs is 2. The Hall–Kier alpha value is -1.78. The largest absolute Gasteiger partial charge is 0.354 e. The van der Waals surface area contributed by atoms with Crippen LogP contribution in [0.1, 0.15) is 10.4 Å². The number of Topliss-reactive ketones (excluding diaryl/α,β-unsaturated/α-hetero) is 1. The van der Waals surface area contributed by atoms with Crippen LogP contribution in [-0.2, 0) is 0 Å². The molecule has 0 fully saturated rings. The summed E-state index contributed by atoms with van der Waals surface area (Å²) in [6.07, 6.45) is 0. The minimum atomic E-state index is -0.0385. The third kappa shape index (κ3) is 1.89.